The van der Waals surface area contributed by atoms with E-state index in [1.165, 1.54) is 40.5 Å². The number of nitrogens with one attached hydrogen (secondary N) is 1. The number of H-pyrrole nitrogens is 1. The van der Waals surface area contributed by atoms with E-state index < -0.39 is 11.7 Å². The van der Waals surface area contributed by atoms with E-state index in [2.05, 4.69) is 4.98 Å². The molecule has 2 amide bonds. The Morgan fingerprint density at radius 3 is 2.46 bits per heavy atom. The molecule has 3 fully saturated rings. The van der Waals surface area contributed by atoms with E-state index in [0.29, 0.717) is 5.69 Å². The van der Waals surface area contributed by atoms with Crippen LogP contribution in [0.15, 0.2) is 58.4 Å². The lowest BCUT2D eigenvalue weighted by molar-refractivity contribution is -0.123. The third-order valence-corrected chi connectivity index (χ3v) is 10.9. The van der Waals surface area contributed by atoms with Crippen LogP contribution in [0.3, 0.4) is 0 Å². The number of benzene rings is 2. The van der Waals surface area contributed by atoms with Crippen LogP contribution in [0, 0.1) is 35.4 Å². The van der Waals surface area contributed by atoms with E-state index in [0.717, 1.165) is 27.6 Å². The summed E-state index contributed by atoms with van der Waals surface area (Å²) >= 11 is 2.89. The molecule has 2 bridgehead atoms. The van der Waals surface area contributed by atoms with Gasteiger partial charge in [0, 0.05) is 21.6 Å². The SMILES string of the molecule is COc1ccccc1[C@H]1c2sc(=O)[nH]c2S[C@@H]2[C@@H]3C[C@@H]([C@H]4C(=O)N(c5ccc(F)cc5)C(=O)[C@H]34)[C@@H]12. The maximum Gasteiger partial charge on any atom is 0.305 e. The molecule has 1 aromatic heterocycles. The maximum absolute atomic E-state index is 13.7. The molecular weight excluding hydrogens is 487 g/mol. The minimum Gasteiger partial charge on any atom is -0.496 e. The fourth-order valence-corrected chi connectivity index (χ4v) is 10.0. The van der Waals surface area contributed by atoms with Gasteiger partial charge in [-0.1, -0.05) is 29.5 Å². The number of thioether (sulfide) groups is 1. The number of carbonyl (C=O) groups is 2. The van der Waals surface area contributed by atoms with Crippen molar-refractivity contribution in [1.29, 1.82) is 0 Å². The lowest BCUT2D eigenvalue weighted by atomic mass is 9.68. The van der Waals surface area contributed by atoms with Crippen molar-refractivity contribution in [3.63, 3.8) is 0 Å². The summed E-state index contributed by atoms with van der Waals surface area (Å²) in [6, 6.07) is 13.4. The third kappa shape index (κ3) is 2.85. The number of carbonyl (C=O) groups excluding carboxylic acids is 2. The average Bonchev–Trinajstić information content (AvgIpc) is 3.59. The molecule has 35 heavy (non-hydrogen) atoms. The molecule has 0 radical (unpaired) electrons. The van der Waals surface area contributed by atoms with Gasteiger partial charge >= 0.3 is 4.87 Å². The van der Waals surface area contributed by atoms with Crippen molar-refractivity contribution in [2.24, 2.45) is 29.6 Å². The van der Waals surface area contributed by atoms with Gasteiger partial charge in [-0.25, -0.2) is 4.39 Å². The first-order valence-corrected chi connectivity index (χ1v) is 13.3. The normalized spacial score (nSPS) is 32.5. The predicted octanol–water partition coefficient (Wildman–Crippen LogP) is 4.26. The molecule has 7 atom stereocenters. The zero-order valence-electron chi connectivity index (χ0n) is 18.6. The number of halogens is 1. The Hall–Kier alpha value is -2.91. The molecule has 3 heterocycles. The zero-order valence-corrected chi connectivity index (χ0v) is 20.3. The van der Waals surface area contributed by atoms with Crippen molar-refractivity contribution in [1.82, 2.24) is 4.98 Å². The molecule has 1 saturated heterocycles. The molecule has 3 aromatic rings. The Bertz CT molecular complexity index is 1430. The van der Waals surface area contributed by atoms with E-state index in [-0.39, 0.29) is 51.5 Å². The van der Waals surface area contributed by atoms with Crippen molar-refractivity contribution in [3.8, 4) is 5.75 Å². The number of rotatable bonds is 3. The van der Waals surface area contributed by atoms with Gasteiger partial charge in [-0.2, -0.15) is 0 Å². The Morgan fingerprint density at radius 2 is 1.71 bits per heavy atom. The number of anilines is 1. The van der Waals surface area contributed by atoms with Crippen molar-refractivity contribution < 1.29 is 18.7 Å². The van der Waals surface area contributed by atoms with Gasteiger partial charge in [-0.15, -0.1) is 11.8 Å². The van der Waals surface area contributed by atoms with E-state index in [1.807, 2.05) is 24.3 Å². The molecule has 4 aliphatic rings. The van der Waals surface area contributed by atoms with Crippen molar-refractivity contribution in [2.75, 3.05) is 12.0 Å². The highest BCUT2D eigenvalue weighted by molar-refractivity contribution is 8.00. The minimum absolute atomic E-state index is 0.0182. The molecule has 178 valence electrons. The van der Waals surface area contributed by atoms with Gasteiger partial charge in [-0.05, 0) is 54.5 Å². The van der Waals surface area contributed by atoms with Crippen molar-refractivity contribution in [3.05, 3.63) is 74.5 Å². The molecule has 2 aliphatic carbocycles. The second-order valence-electron chi connectivity index (χ2n) is 9.69. The topological polar surface area (TPSA) is 79.5 Å². The molecule has 6 nitrogen and oxygen atoms in total. The maximum atomic E-state index is 13.7. The van der Waals surface area contributed by atoms with Crippen molar-refractivity contribution >= 4 is 40.6 Å². The van der Waals surface area contributed by atoms with Crippen LogP contribution in [0.1, 0.15) is 22.8 Å². The lowest BCUT2D eigenvalue weighted by Crippen LogP contribution is -2.42. The second-order valence-corrected chi connectivity index (χ2v) is 11.9. The van der Waals surface area contributed by atoms with Crippen LogP contribution in [0.4, 0.5) is 10.1 Å². The van der Waals surface area contributed by atoms with E-state index in [4.69, 9.17) is 4.74 Å². The number of aromatic amines is 1. The van der Waals surface area contributed by atoms with Gasteiger partial charge in [0.15, 0.2) is 0 Å². The standard InChI is InChI=1S/C26H21FN2O4S2/c1-33-16-5-3-2-4-13(16)17-18-14-10-15(21(18)34-23-22(17)35-26(32)28-23)20-19(14)24(30)29(25(20)31)12-8-6-11(27)7-9-12/h2-9,14-15,17-21H,10H2,1H3,(H,28,32)/t14-,15-,17-,18+,19-,20-,21-/m1/s1. The summed E-state index contributed by atoms with van der Waals surface area (Å²) in [7, 11) is 1.64. The number of amides is 2. The Kier molecular flexibility index (Phi) is 4.61. The van der Waals surface area contributed by atoms with Crippen LogP contribution >= 0.6 is 23.1 Å². The zero-order chi connectivity index (χ0) is 24.0. The minimum atomic E-state index is -0.407. The molecule has 7 rings (SSSR count). The fourth-order valence-electron chi connectivity index (χ4n) is 7.13. The van der Waals surface area contributed by atoms with Gasteiger partial charge in [0.1, 0.15) is 11.6 Å². The number of methoxy groups -OCH3 is 1. The molecule has 0 spiro atoms. The van der Waals surface area contributed by atoms with Crippen LogP contribution in [0.25, 0.3) is 0 Å². The first-order chi connectivity index (χ1) is 17.0. The summed E-state index contributed by atoms with van der Waals surface area (Å²) in [6.07, 6.45) is 0.817. The molecule has 2 saturated carbocycles. The number of hydrogen-bond acceptors (Lipinski definition) is 6. The van der Waals surface area contributed by atoms with Crippen LogP contribution in [-0.4, -0.2) is 29.2 Å². The van der Waals surface area contributed by atoms with E-state index in [9.17, 15) is 18.8 Å². The van der Waals surface area contributed by atoms with Crippen LogP contribution in [-0.2, 0) is 9.59 Å². The van der Waals surface area contributed by atoms with Gasteiger partial charge in [0.2, 0.25) is 11.8 Å². The molecule has 9 heteroatoms. The van der Waals surface area contributed by atoms with Gasteiger partial charge in [0.25, 0.3) is 0 Å². The van der Waals surface area contributed by atoms with Crippen molar-refractivity contribution in [2.45, 2.75) is 22.6 Å². The van der Waals surface area contributed by atoms with Crippen LogP contribution in [0.5, 0.6) is 5.75 Å². The highest BCUT2D eigenvalue weighted by Crippen LogP contribution is 2.69. The number of aromatic nitrogens is 1. The number of ether oxygens (including phenoxy) is 1. The summed E-state index contributed by atoms with van der Waals surface area (Å²) in [5.74, 6) is -0.718. The number of para-hydroxylation sites is 1. The molecular formula is C26H21FN2O4S2. The Morgan fingerprint density at radius 1 is 1.00 bits per heavy atom. The summed E-state index contributed by atoms with van der Waals surface area (Å²) in [4.78, 5) is 44.8. The Labute approximate surface area is 208 Å². The number of hydrogen-bond donors (Lipinski definition) is 1. The smallest absolute Gasteiger partial charge is 0.305 e. The first-order valence-electron chi connectivity index (χ1n) is 11.6. The number of thiazole rings is 1. The average molecular weight is 509 g/mol. The molecule has 0 unspecified atom stereocenters. The van der Waals surface area contributed by atoms with Crippen LogP contribution in [0.2, 0.25) is 0 Å². The fraction of sp³-hybridized carbons (Fsp3) is 0.346. The summed E-state index contributed by atoms with van der Waals surface area (Å²) in [5.41, 5.74) is 1.44. The van der Waals surface area contributed by atoms with Gasteiger partial charge in [0.05, 0.1) is 29.7 Å². The summed E-state index contributed by atoms with van der Waals surface area (Å²) in [6.45, 7) is 0. The highest BCUT2D eigenvalue weighted by atomic mass is 32.2. The lowest BCUT2D eigenvalue weighted by Gasteiger charge is -2.43. The summed E-state index contributed by atoms with van der Waals surface area (Å²) in [5, 5.41) is 0.979. The molecule has 2 aliphatic heterocycles. The van der Waals surface area contributed by atoms with Crippen LogP contribution < -0.4 is 14.5 Å². The number of fused-ring (bicyclic) bond motifs is 9. The van der Waals surface area contributed by atoms with Gasteiger partial charge < -0.3 is 9.72 Å². The summed E-state index contributed by atoms with van der Waals surface area (Å²) < 4.78 is 19.2. The second kappa shape index (κ2) is 7.54. The number of nitrogens with zero attached hydrogens (tertiary/aromatic N) is 1. The van der Waals surface area contributed by atoms with E-state index in [1.54, 1.807) is 18.9 Å². The Balaban J connectivity index is 1.34. The monoisotopic (exact) mass is 508 g/mol. The largest absolute Gasteiger partial charge is 0.496 e. The quantitative estimate of drug-likeness (QED) is 0.535. The molecule has 1 N–H and O–H groups in total. The molecule has 2 aromatic carbocycles. The van der Waals surface area contributed by atoms with Gasteiger partial charge in [-0.3, -0.25) is 19.3 Å². The predicted molar refractivity (Wildman–Crippen MR) is 130 cm³/mol. The number of imide groups is 1. The third-order valence-electron chi connectivity index (χ3n) is 8.28. The first kappa shape index (κ1) is 21.4. The van der Waals surface area contributed by atoms with E-state index >= 15 is 0 Å². The highest BCUT2D eigenvalue weighted by Gasteiger charge is 2.69.